The molecule has 3 rings (SSSR count). The molecule has 1 heterocycles. The van der Waals surface area contributed by atoms with E-state index >= 15 is 0 Å². The Hall–Kier alpha value is -2.61. The molecule has 0 bridgehead atoms. The molecular weight excluding hydrogens is 244 g/mol. The van der Waals surface area contributed by atoms with Crippen LogP contribution in [0, 0.1) is 6.92 Å². The van der Waals surface area contributed by atoms with Gasteiger partial charge in [-0.05, 0) is 53.9 Å². The Kier molecular flexibility index (Phi) is 3.21. The molecule has 0 radical (unpaired) electrons. The summed E-state index contributed by atoms with van der Waals surface area (Å²) < 4.78 is 0. The topological polar surface area (TPSA) is 38.9 Å². The van der Waals surface area contributed by atoms with Crippen LogP contribution in [-0.2, 0) is 0 Å². The summed E-state index contributed by atoms with van der Waals surface area (Å²) in [4.78, 5) is 4.41. The zero-order valence-corrected chi connectivity index (χ0v) is 11.4. The van der Waals surface area contributed by atoms with E-state index in [0.717, 1.165) is 16.9 Å². The zero-order chi connectivity index (χ0) is 13.9. The maximum atomic E-state index is 5.75. The van der Waals surface area contributed by atoms with E-state index in [1.54, 1.807) is 0 Å². The van der Waals surface area contributed by atoms with Crippen LogP contribution in [-0.4, -0.2) is 4.98 Å². The fraction of sp³-hybridized carbons (Fsp3) is 0.0556. The lowest BCUT2D eigenvalue weighted by Crippen LogP contribution is -1.88. The summed E-state index contributed by atoms with van der Waals surface area (Å²) in [6, 6.07) is 20.4. The van der Waals surface area contributed by atoms with Gasteiger partial charge in [0.25, 0.3) is 0 Å². The van der Waals surface area contributed by atoms with E-state index in [9.17, 15) is 0 Å². The van der Waals surface area contributed by atoms with Crippen molar-refractivity contribution < 1.29 is 0 Å². The summed E-state index contributed by atoms with van der Waals surface area (Å²) in [5, 5.41) is 0. The number of pyridine rings is 1. The molecule has 0 saturated carbocycles. The number of nitrogens with two attached hydrogens (primary N) is 1. The van der Waals surface area contributed by atoms with Gasteiger partial charge in [-0.2, -0.15) is 0 Å². The fourth-order valence-electron chi connectivity index (χ4n) is 2.29. The van der Waals surface area contributed by atoms with Gasteiger partial charge in [-0.15, -0.1) is 0 Å². The smallest absolute Gasteiger partial charge is 0.0702 e. The van der Waals surface area contributed by atoms with Crippen LogP contribution < -0.4 is 5.73 Å². The predicted octanol–water partition coefficient (Wildman–Crippen LogP) is 4.31. The second-order valence-corrected chi connectivity index (χ2v) is 4.87. The first kappa shape index (κ1) is 12.4. The summed E-state index contributed by atoms with van der Waals surface area (Å²) in [6.45, 7) is 2.12. The third kappa shape index (κ3) is 2.41. The van der Waals surface area contributed by atoms with E-state index in [0.29, 0.717) is 0 Å². The molecule has 0 saturated heterocycles. The van der Waals surface area contributed by atoms with Crippen LogP contribution in [0.1, 0.15) is 5.56 Å². The van der Waals surface area contributed by atoms with Gasteiger partial charge in [0, 0.05) is 17.4 Å². The Labute approximate surface area is 118 Å². The monoisotopic (exact) mass is 260 g/mol. The van der Waals surface area contributed by atoms with Crippen molar-refractivity contribution in [2.75, 3.05) is 5.73 Å². The standard InChI is InChI=1S/C18H16N2/c1-13-5-6-15(18-4-2-3-11-20-18)12-17(13)14-7-9-16(19)10-8-14/h2-12H,19H2,1H3. The van der Waals surface area contributed by atoms with Crippen molar-refractivity contribution in [3.63, 3.8) is 0 Å². The molecule has 0 aliphatic rings. The summed E-state index contributed by atoms with van der Waals surface area (Å²) >= 11 is 0. The lowest BCUT2D eigenvalue weighted by Gasteiger charge is -2.09. The van der Waals surface area contributed by atoms with Crippen molar-refractivity contribution in [1.82, 2.24) is 4.98 Å². The van der Waals surface area contributed by atoms with Crippen LogP contribution in [0.25, 0.3) is 22.4 Å². The third-order valence-corrected chi connectivity index (χ3v) is 3.42. The Bertz CT molecular complexity index is 716. The normalized spacial score (nSPS) is 10.4. The summed E-state index contributed by atoms with van der Waals surface area (Å²) in [6.07, 6.45) is 1.82. The number of nitrogen functional groups attached to an aromatic ring is 1. The quantitative estimate of drug-likeness (QED) is 0.697. The average molecular weight is 260 g/mol. The minimum atomic E-state index is 0.785. The van der Waals surface area contributed by atoms with Crippen molar-refractivity contribution >= 4 is 5.69 Å². The van der Waals surface area contributed by atoms with Crippen LogP contribution in [0.4, 0.5) is 5.69 Å². The molecule has 0 aliphatic carbocycles. The predicted molar refractivity (Wildman–Crippen MR) is 84.3 cm³/mol. The second-order valence-electron chi connectivity index (χ2n) is 4.87. The molecule has 1 aromatic heterocycles. The Morgan fingerprint density at radius 2 is 1.60 bits per heavy atom. The highest BCUT2D eigenvalue weighted by molar-refractivity contribution is 5.74. The van der Waals surface area contributed by atoms with Crippen LogP contribution >= 0.6 is 0 Å². The molecule has 2 aromatic carbocycles. The summed E-state index contributed by atoms with van der Waals surface area (Å²) in [5.74, 6) is 0. The minimum Gasteiger partial charge on any atom is -0.399 e. The van der Waals surface area contributed by atoms with Gasteiger partial charge in [-0.3, -0.25) is 4.98 Å². The molecule has 0 fully saturated rings. The van der Waals surface area contributed by atoms with Crippen molar-refractivity contribution in [1.29, 1.82) is 0 Å². The fourth-order valence-corrected chi connectivity index (χ4v) is 2.29. The lowest BCUT2D eigenvalue weighted by molar-refractivity contribution is 1.32. The average Bonchev–Trinajstić information content (AvgIpc) is 2.50. The van der Waals surface area contributed by atoms with Gasteiger partial charge in [0.15, 0.2) is 0 Å². The maximum Gasteiger partial charge on any atom is 0.0702 e. The Balaban J connectivity index is 2.10. The SMILES string of the molecule is Cc1ccc(-c2ccccn2)cc1-c1ccc(N)cc1. The third-order valence-electron chi connectivity index (χ3n) is 3.42. The van der Waals surface area contributed by atoms with Gasteiger partial charge < -0.3 is 5.73 Å². The minimum absolute atomic E-state index is 0.785. The van der Waals surface area contributed by atoms with E-state index in [-0.39, 0.29) is 0 Å². The molecule has 0 atom stereocenters. The highest BCUT2D eigenvalue weighted by atomic mass is 14.7. The molecule has 3 aromatic rings. The molecule has 0 amide bonds. The molecule has 2 N–H and O–H groups in total. The first-order valence-corrected chi connectivity index (χ1v) is 6.62. The van der Waals surface area contributed by atoms with Gasteiger partial charge in [0.1, 0.15) is 0 Å². The highest BCUT2D eigenvalue weighted by Gasteiger charge is 2.05. The summed E-state index contributed by atoms with van der Waals surface area (Å²) in [7, 11) is 0. The molecule has 0 aliphatic heterocycles. The first-order valence-electron chi connectivity index (χ1n) is 6.62. The van der Waals surface area contributed by atoms with E-state index in [2.05, 4.69) is 42.2 Å². The molecule has 0 spiro atoms. The van der Waals surface area contributed by atoms with E-state index in [4.69, 9.17) is 5.73 Å². The lowest BCUT2D eigenvalue weighted by atomic mass is 9.97. The number of aromatic nitrogens is 1. The Morgan fingerprint density at radius 1 is 0.850 bits per heavy atom. The first-order chi connectivity index (χ1) is 9.74. The molecule has 0 unspecified atom stereocenters. The van der Waals surface area contributed by atoms with Crippen molar-refractivity contribution in [3.8, 4) is 22.4 Å². The van der Waals surface area contributed by atoms with Crippen molar-refractivity contribution in [2.45, 2.75) is 6.92 Å². The number of rotatable bonds is 2. The van der Waals surface area contributed by atoms with Crippen LogP contribution in [0.2, 0.25) is 0 Å². The molecule has 2 nitrogen and oxygen atoms in total. The van der Waals surface area contributed by atoms with E-state index in [1.807, 2.05) is 36.5 Å². The van der Waals surface area contributed by atoms with Crippen LogP contribution in [0.5, 0.6) is 0 Å². The summed E-state index contributed by atoms with van der Waals surface area (Å²) in [5.41, 5.74) is 12.3. The van der Waals surface area contributed by atoms with Crippen molar-refractivity contribution in [3.05, 3.63) is 72.4 Å². The Morgan fingerprint density at radius 3 is 2.30 bits per heavy atom. The van der Waals surface area contributed by atoms with Gasteiger partial charge in [-0.1, -0.05) is 30.3 Å². The number of hydrogen-bond acceptors (Lipinski definition) is 2. The van der Waals surface area contributed by atoms with Crippen LogP contribution in [0.3, 0.4) is 0 Å². The number of anilines is 1. The van der Waals surface area contributed by atoms with Gasteiger partial charge in [0.05, 0.1) is 5.69 Å². The van der Waals surface area contributed by atoms with Gasteiger partial charge in [-0.25, -0.2) is 0 Å². The second kappa shape index (κ2) is 5.17. The number of nitrogens with zero attached hydrogens (tertiary/aromatic N) is 1. The van der Waals surface area contributed by atoms with Gasteiger partial charge in [0.2, 0.25) is 0 Å². The van der Waals surface area contributed by atoms with E-state index < -0.39 is 0 Å². The molecular formula is C18H16N2. The van der Waals surface area contributed by atoms with Crippen molar-refractivity contribution in [2.24, 2.45) is 0 Å². The number of benzene rings is 2. The van der Waals surface area contributed by atoms with Gasteiger partial charge >= 0.3 is 0 Å². The number of hydrogen-bond donors (Lipinski definition) is 1. The molecule has 20 heavy (non-hydrogen) atoms. The molecule has 2 heteroatoms. The molecule has 98 valence electrons. The number of aryl methyl sites for hydroxylation is 1. The van der Waals surface area contributed by atoms with E-state index in [1.165, 1.54) is 16.7 Å². The largest absolute Gasteiger partial charge is 0.399 e. The highest BCUT2D eigenvalue weighted by Crippen LogP contribution is 2.28. The zero-order valence-electron chi connectivity index (χ0n) is 11.4. The maximum absolute atomic E-state index is 5.75. The van der Waals surface area contributed by atoms with Crippen LogP contribution in [0.15, 0.2) is 66.9 Å².